The van der Waals surface area contributed by atoms with E-state index in [2.05, 4.69) is 15.5 Å². The summed E-state index contributed by atoms with van der Waals surface area (Å²) in [4.78, 5) is 16.7. The molecule has 2 aromatic carbocycles. The van der Waals surface area contributed by atoms with Crippen molar-refractivity contribution in [2.45, 2.75) is 26.5 Å². The number of rotatable bonds is 8. The van der Waals surface area contributed by atoms with Crippen LogP contribution in [0, 0.1) is 5.92 Å². The Balaban J connectivity index is 1.59. The monoisotopic (exact) mass is 365 g/mol. The molecule has 0 radical (unpaired) electrons. The van der Waals surface area contributed by atoms with Crippen LogP contribution in [-0.2, 0) is 16.1 Å². The largest absolute Gasteiger partial charge is 0.367 e. The summed E-state index contributed by atoms with van der Waals surface area (Å²) in [6.45, 7) is 4.33. The number of aromatic nitrogens is 2. The molecule has 0 aliphatic carbocycles. The Morgan fingerprint density at radius 2 is 1.74 bits per heavy atom. The fourth-order valence-electron chi connectivity index (χ4n) is 2.63. The first kappa shape index (κ1) is 18.8. The van der Waals surface area contributed by atoms with Crippen molar-refractivity contribution in [3.05, 3.63) is 72.1 Å². The Morgan fingerprint density at radius 1 is 1.07 bits per heavy atom. The third-order valence-corrected chi connectivity index (χ3v) is 4.07. The second-order valence-electron chi connectivity index (χ2n) is 6.59. The van der Waals surface area contributed by atoms with Crippen LogP contribution in [0.3, 0.4) is 0 Å². The second-order valence-corrected chi connectivity index (χ2v) is 6.59. The lowest BCUT2D eigenvalue weighted by atomic mass is 10.0. The van der Waals surface area contributed by atoms with Crippen LogP contribution in [-0.4, -0.2) is 22.7 Å². The Bertz CT molecular complexity index is 847. The van der Waals surface area contributed by atoms with Crippen molar-refractivity contribution in [1.82, 2.24) is 15.5 Å². The van der Waals surface area contributed by atoms with Crippen LogP contribution in [0.25, 0.3) is 11.4 Å². The normalized spacial score (nSPS) is 12.1. The molecule has 140 valence electrons. The maximum Gasteiger partial charge on any atom is 0.249 e. The molecule has 27 heavy (non-hydrogen) atoms. The first-order valence-electron chi connectivity index (χ1n) is 8.93. The molecule has 0 unspecified atom stereocenters. The average Bonchev–Trinajstić information content (AvgIpc) is 3.17. The smallest absolute Gasteiger partial charge is 0.249 e. The summed E-state index contributed by atoms with van der Waals surface area (Å²) in [6, 6.07) is 18.9. The third kappa shape index (κ3) is 5.24. The maximum atomic E-state index is 12.3. The van der Waals surface area contributed by atoms with E-state index in [0.29, 0.717) is 18.3 Å². The SMILES string of the molecule is CC(C)[C@@H](NC(=O)COCc1ccccc1)c1nc(-c2ccccc2)no1. The van der Waals surface area contributed by atoms with Gasteiger partial charge in [0.2, 0.25) is 17.6 Å². The number of ether oxygens (including phenoxy) is 1. The lowest BCUT2D eigenvalue weighted by molar-refractivity contribution is -0.127. The summed E-state index contributed by atoms with van der Waals surface area (Å²) in [7, 11) is 0. The first-order valence-corrected chi connectivity index (χ1v) is 8.93. The highest BCUT2D eigenvalue weighted by Crippen LogP contribution is 2.23. The molecule has 0 saturated heterocycles. The summed E-state index contributed by atoms with van der Waals surface area (Å²) in [5.74, 6) is 0.766. The Hall–Kier alpha value is -2.99. The highest BCUT2D eigenvalue weighted by Gasteiger charge is 2.24. The van der Waals surface area contributed by atoms with E-state index in [9.17, 15) is 4.79 Å². The van der Waals surface area contributed by atoms with E-state index in [1.165, 1.54) is 0 Å². The molecule has 0 saturated carbocycles. The standard InChI is InChI=1S/C21H23N3O3/c1-15(2)19(21-23-20(24-27-21)17-11-7-4-8-12-17)22-18(25)14-26-13-16-9-5-3-6-10-16/h3-12,15,19H,13-14H2,1-2H3,(H,22,25)/t19-/m1/s1. The van der Waals surface area contributed by atoms with E-state index in [0.717, 1.165) is 11.1 Å². The van der Waals surface area contributed by atoms with Crippen molar-refractivity contribution in [2.75, 3.05) is 6.61 Å². The maximum absolute atomic E-state index is 12.3. The average molecular weight is 365 g/mol. The molecule has 0 spiro atoms. The second kappa shape index (κ2) is 9.09. The van der Waals surface area contributed by atoms with Gasteiger partial charge in [0.15, 0.2) is 0 Å². The van der Waals surface area contributed by atoms with Gasteiger partial charge in [-0.05, 0) is 11.5 Å². The summed E-state index contributed by atoms with van der Waals surface area (Å²) in [6.07, 6.45) is 0. The topological polar surface area (TPSA) is 77.2 Å². The summed E-state index contributed by atoms with van der Waals surface area (Å²) in [5.41, 5.74) is 1.89. The third-order valence-electron chi connectivity index (χ3n) is 4.07. The fraction of sp³-hybridized carbons (Fsp3) is 0.286. The number of carbonyl (C=O) groups is 1. The number of amides is 1. The van der Waals surface area contributed by atoms with E-state index < -0.39 is 0 Å². The predicted octanol–water partition coefficient (Wildman–Crippen LogP) is 3.77. The van der Waals surface area contributed by atoms with Gasteiger partial charge < -0.3 is 14.6 Å². The van der Waals surface area contributed by atoms with E-state index in [-0.39, 0.29) is 24.5 Å². The molecule has 6 nitrogen and oxygen atoms in total. The summed E-state index contributed by atoms with van der Waals surface area (Å²) < 4.78 is 10.9. The van der Waals surface area contributed by atoms with Crippen molar-refractivity contribution in [1.29, 1.82) is 0 Å². The molecule has 0 aliphatic rings. The van der Waals surface area contributed by atoms with Gasteiger partial charge in [-0.3, -0.25) is 4.79 Å². The van der Waals surface area contributed by atoms with Crippen molar-refractivity contribution >= 4 is 5.91 Å². The molecule has 1 aromatic heterocycles. The van der Waals surface area contributed by atoms with Crippen LogP contribution in [0.4, 0.5) is 0 Å². The molecule has 1 N–H and O–H groups in total. The highest BCUT2D eigenvalue weighted by molar-refractivity contribution is 5.77. The molecular formula is C21H23N3O3. The molecule has 3 rings (SSSR count). The number of benzene rings is 2. The van der Waals surface area contributed by atoms with E-state index >= 15 is 0 Å². The molecule has 0 bridgehead atoms. The van der Waals surface area contributed by atoms with Crippen molar-refractivity contribution in [2.24, 2.45) is 5.92 Å². The quantitative estimate of drug-likeness (QED) is 0.657. The number of nitrogens with zero attached hydrogens (tertiary/aromatic N) is 2. The number of hydrogen-bond donors (Lipinski definition) is 1. The molecule has 3 aromatic rings. The number of hydrogen-bond acceptors (Lipinski definition) is 5. The van der Waals surface area contributed by atoms with Gasteiger partial charge in [0.25, 0.3) is 0 Å². The predicted molar refractivity (Wildman–Crippen MR) is 102 cm³/mol. The zero-order chi connectivity index (χ0) is 19.1. The van der Waals surface area contributed by atoms with E-state index in [1.54, 1.807) is 0 Å². The summed E-state index contributed by atoms with van der Waals surface area (Å²) >= 11 is 0. The van der Waals surface area contributed by atoms with Crippen LogP contribution in [0.2, 0.25) is 0 Å². The number of nitrogens with one attached hydrogen (secondary N) is 1. The Labute approximate surface area is 158 Å². The van der Waals surface area contributed by atoms with Crippen LogP contribution in [0.1, 0.15) is 31.3 Å². The number of carbonyl (C=O) groups excluding carboxylic acids is 1. The van der Waals surface area contributed by atoms with E-state index in [1.807, 2.05) is 74.5 Å². The lowest BCUT2D eigenvalue weighted by Gasteiger charge is -2.18. The van der Waals surface area contributed by atoms with Crippen LogP contribution >= 0.6 is 0 Å². The van der Waals surface area contributed by atoms with Gasteiger partial charge in [-0.15, -0.1) is 0 Å². The molecule has 1 heterocycles. The van der Waals surface area contributed by atoms with Crippen molar-refractivity contribution in [3.8, 4) is 11.4 Å². The molecule has 0 fully saturated rings. The van der Waals surface area contributed by atoms with Crippen LogP contribution < -0.4 is 5.32 Å². The van der Waals surface area contributed by atoms with Crippen molar-refractivity contribution in [3.63, 3.8) is 0 Å². The van der Waals surface area contributed by atoms with Gasteiger partial charge in [0.1, 0.15) is 12.6 Å². The van der Waals surface area contributed by atoms with Crippen LogP contribution in [0.15, 0.2) is 65.2 Å². The van der Waals surface area contributed by atoms with Gasteiger partial charge in [0, 0.05) is 5.56 Å². The molecular weight excluding hydrogens is 342 g/mol. The fourth-order valence-corrected chi connectivity index (χ4v) is 2.63. The highest BCUT2D eigenvalue weighted by atomic mass is 16.5. The Kier molecular flexibility index (Phi) is 6.33. The molecule has 0 aliphatic heterocycles. The molecule has 1 atom stereocenters. The molecule has 6 heteroatoms. The minimum Gasteiger partial charge on any atom is -0.367 e. The zero-order valence-electron chi connectivity index (χ0n) is 15.5. The Morgan fingerprint density at radius 3 is 2.41 bits per heavy atom. The van der Waals surface area contributed by atoms with E-state index in [4.69, 9.17) is 9.26 Å². The van der Waals surface area contributed by atoms with Gasteiger partial charge in [0.05, 0.1) is 6.61 Å². The van der Waals surface area contributed by atoms with Gasteiger partial charge in [-0.25, -0.2) is 0 Å². The summed E-state index contributed by atoms with van der Waals surface area (Å²) in [5, 5.41) is 6.95. The van der Waals surface area contributed by atoms with Crippen molar-refractivity contribution < 1.29 is 14.1 Å². The first-order chi connectivity index (χ1) is 13.1. The van der Waals surface area contributed by atoms with Gasteiger partial charge >= 0.3 is 0 Å². The minimum absolute atomic E-state index is 0.0300. The van der Waals surface area contributed by atoms with Gasteiger partial charge in [-0.1, -0.05) is 79.7 Å². The zero-order valence-corrected chi connectivity index (χ0v) is 15.5. The molecule has 1 amide bonds. The van der Waals surface area contributed by atoms with Gasteiger partial charge in [-0.2, -0.15) is 4.98 Å². The lowest BCUT2D eigenvalue weighted by Crippen LogP contribution is -2.34. The van der Waals surface area contributed by atoms with Crippen LogP contribution in [0.5, 0.6) is 0 Å². The minimum atomic E-state index is -0.372.